The van der Waals surface area contributed by atoms with Crippen molar-refractivity contribution in [1.82, 2.24) is 10.6 Å². The molecular weight excluding hydrogens is 444 g/mol. The number of hydrogen-bond donors (Lipinski definition) is 3. The molecule has 0 aromatic heterocycles. The normalized spacial score (nSPS) is 22.3. The number of carboxylic acids is 1. The molecule has 0 aliphatic heterocycles. The molecule has 0 spiro atoms. The number of hydrogen-bond acceptors (Lipinski definition) is 4. The van der Waals surface area contributed by atoms with Gasteiger partial charge in [-0.25, -0.2) is 4.79 Å². The molecule has 3 atom stereocenters. The molecule has 0 bridgehead atoms. The predicted molar refractivity (Wildman–Crippen MR) is 131 cm³/mol. The number of rotatable bonds is 7. The first-order valence-corrected chi connectivity index (χ1v) is 12.7. The minimum atomic E-state index is -0.875. The van der Waals surface area contributed by atoms with Crippen molar-refractivity contribution in [2.75, 3.05) is 6.61 Å². The zero-order valence-corrected chi connectivity index (χ0v) is 19.7. The Hall–Kier alpha value is -3.35. The van der Waals surface area contributed by atoms with Crippen LogP contribution in [0.5, 0.6) is 0 Å². The lowest BCUT2D eigenvalue weighted by molar-refractivity contribution is -0.144. The van der Waals surface area contributed by atoms with E-state index in [0.29, 0.717) is 12.8 Å². The summed E-state index contributed by atoms with van der Waals surface area (Å²) < 4.78 is 5.66. The van der Waals surface area contributed by atoms with E-state index in [1.807, 2.05) is 24.3 Å². The van der Waals surface area contributed by atoms with E-state index in [2.05, 4.69) is 34.9 Å². The van der Waals surface area contributed by atoms with Gasteiger partial charge in [-0.2, -0.15) is 0 Å². The maximum atomic E-state index is 13.2. The standard InChI is InChI=1S/C28H32N2O5/c31-26(29-24-15-6-5-14-22(24)27(32)33)25(17-8-7-9-17)30-28(34)35-16-23-20-12-3-1-10-18(20)19-11-2-4-13-21(19)23/h1-4,10-13,17,22-25H,5-9,14-16H2,(H,29,31)(H,30,34)(H,32,33). The first kappa shape index (κ1) is 23.4. The molecule has 35 heavy (non-hydrogen) atoms. The number of carboxylic acid groups (broad SMARTS) is 1. The Morgan fingerprint density at radius 3 is 2.11 bits per heavy atom. The summed E-state index contributed by atoms with van der Waals surface area (Å²) in [5, 5.41) is 15.3. The fourth-order valence-electron chi connectivity index (χ4n) is 5.81. The highest BCUT2D eigenvalue weighted by molar-refractivity contribution is 5.87. The van der Waals surface area contributed by atoms with Gasteiger partial charge in [0.15, 0.2) is 0 Å². The third-order valence-electron chi connectivity index (χ3n) is 7.93. The summed E-state index contributed by atoms with van der Waals surface area (Å²) in [5.41, 5.74) is 4.58. The Morgan fingerprint density at radius 1 is 0.886 bits per heavy atom. The second-order valence-electron chi connectivity index (χ2n) is 9.98. The number of nitrogens with one attached hydrogen (secondary N) is 2. The fourth-order valence-corrected chi connectivity index (χ4v) is 5.81. The molecule has 2 saturated carbocycles. The number of ether oxygens (including phenoxy) is 1. The molecule has 184 valence electrons. The average molecular weight is 477 g/mol. The van der Waals surface area contributed by atoms with Gasteiger partial charge in [0.2, 0.25) is 5.91 Å². The smallest absolute Gasteiger partial charge is 0.407 e. The van der Waals surface area contributed by atoms with Gasteiger partial charge >= 0.3 is 12.1 Å². The van der Waals surface area contributed by atoms with E-state index in [9.17, 15) is 19.5 Å². The molecule has 0 heterocycles. The maximum absolute atomic E-state index is 13.2. The van der Waals surface area contributed by atoms with E-state index in [1.54, 1.807) is 0 Å². The summed E-state index contributed by atoms with van der Waals surface area (Å²) in [5.74, 6) is -1.77. The topological polar surface area (TPSA) is 105 Å². The second-order valence-corrected chi connectivity index (χ2v) is 9.98. The number of carbonyl (C=O) groups is 3. The SMILES string of the molecule is O=C(NC(C(=O)NC1CCCCC1C(=O)O)C1CCC1)OCC1c2ccccc2-c2ccccc21. The third kappa shape index (κ3) is 4.77. The van der Waals surface area contributed by atoms with Crippen LogP contribution in [0.4, 0.5) is 4.79 Å². The third-order valence-corrected chi connectivity index (χ3v) is 7.93. The van der Waals surface area contributed by atoms with Crippen LogP contribution in [0.1, 0.15) is 62.0 Å². The molecule has 3 unspecified atom stereocenters. The predicted octanol–water partition coefficient (Wildman–Crippen LogP) is 4.45. The number of aliphatic carboxylic acids is 1. The molecule has 0 saturated heterocycles. The van der Waals surface area contributed by atoms with Crippen LogP contribution in [-0.2, 0) is 14.3 Å². The summed E-state index contributed by atoms with van der Waals surface area (Å²) in [6, 6.07) is 15.2. The summed E-state index contributed by atoms with van der Waals surface area (Å²) >= 11 is 0. The minimum Gasteiger partial charge on any atom is -0.481 e. The fraction of sp³-hybridized carbons (Fsp3) is 0.464. The molecule has 2 aromatic carbocycles. The Morgan fingerprint density at radius 2 is 1.51 bits per heavy atom. The molecule has 5 rings (SSSR count). The van der Waals surface area contributed by atoms with Crippen molar-refractivity contribution in [3.05, 3.63) is 59.7 Å². The highest BCUT2D eigenvalue weighted by Crippen LogP contribution is 2.44. The van der Waals surface area contributed by atoms with Crippen LogP contribution in [0.3, 0.4) is 0 Å². The van der Waals surface area contributed by atoms with Crippen LogP contribution in [0.2, 0.25) is 0 Å². The van der Waals surface area contributed by atoms with Crippen LogP contribution in [0.25, 0.3) is 11.1 Å². The van der Waals surface area contributed by atoms with E-state index < -0.39 is 30.1 Å². The van der Waals surface area contributed by atoms with Gasteiger partial charge in [-0.3, -0.25) is 9.59 Å². The van der Waals surface area contributed by atoms with Gasteiger partial charge in [-0.15, -0.1) is 0 Å². The summed E-state index contributed by atoms with van der Waals surface area (Å²) in [6.07, 6.45) is 5.07. The summed E-state index contributed by atoms with van der Waals surface area (Å²) in [7, 11) is 0. The van der Waals surface area contributed by atoms with Crippen molar-refractivity contribution >= 4 is 18.0 Å². The molecule has 2 fully saturated rings. The molecule has 7 nitrogen and oxygen atoms in total. The monoisotopic (exact) mass is 476 g/mol. The van der Waals surface area contributed by atoms with Crippen molar-refractivity contribution in [2.24, 2.45) is 11.8 Å². The number of carbonyl (C=O) groups excluding carboxylic acids is 2. The second kappa shape index (κ2) is 10.1. The van der Waals surface area contributed by atoms with E-state index in [-0.39, 0.29) is 24.3 Å². The number of amides is 2. The van der Waals surface area contributed by atoms with Crippen molar-refractivity contribution in [1.29, 1.82) is 0 Å². The van der Waals surface area contributed by atoms with Crippen LogP contribution >= 0.6 is 0 Å². The summed E-state index contributed by atoms with van der Waals surface area (Å²) in [4.78, 5) is 37.6. The number of fused-ring (bicyclic) bond motifs is 3. The minimum absolute atomic E-state index is 0.0438. The lowest BCUT2D eigenvalue weighted by atomic mass is 9.78. The Balaban J connectivity index is 1.24. The summed E-state index contributed by atoms with van der Waals surface area (Å²) in [6.45, 7) is 0.183. The maximum Gasteiger partial charge on any atom is 0.407 e. The van der Waals surface area contributed by atoms with Gasteiger partial charge in [0.25, 0.3) is 0 Å². The first-order valence-electron chi connectivity index (χ1n) is 12.7. The van der Waals surface area contributed by atoms with Crippen LogP contribution in [0, 0.1) is 11.8 Å². The van der Waals surface area contributed by atoms with E-state index in [0.717, 1.165) is 54.4 Å². The van der Waals surface area contributed by atoms with Crippen LogP contribution in [0.15, 0.2) is 48.5 Å². The molecular formula is C28H32N2O5. The Kier molecular flexibility index (Phi) is 6.75. The highest BCUT2D eigenvalue weighted by atomic mass is 16.5. The van der Waals surface area contributed by atoms with Crippen molar-refractivity contribution in [3.63, 3.8) is 0 Å². The van der Waals surface area contributed by atoms with Crippen molar-refractivity contribution < 1.29 is 24.2 Å². The quantitative estimate of drug-likeness (QED) is 0.548. The zero-order chi connectivity index (χ0) is 24.4. The zero-order valence-electron chi connectivity index (χ0n) is 19.7. The molecule has 2 amide bonds. The van der Waals surface area contributed by atoms with E-state index in [4.69, 9.17) is 4.74 Å². The molecule has 7 heteroatoms. The molecule has 2 aromatic rings. The average Bonchev–Trinajstić information content (AvgIpc) is 3.15. The Labute approximate surface area is 205 Å². The van der Waals surface area contributed by atoms with E-state index in [1.165, 1.54) is 0 Å². The molecule has 3 aliphatic carbocycles. The van der Waals surface area contributed by atoms with Gasteiger partial charge in [0.05, 0.1) is 5.92 Å². The molecule has 0 radical (unpaired) electrons. The van der Waals surface area contributed by atoms with Crippen LogP contribution in [-0.4, -0.2) is 41.8 Å². The molecule has 3 aliphatic rings. The lowest BCUT2D eigenvalue weighted by Crippen LogP contribution is -2.56. The van der Waals surface area contributed by atoms with E-state index >= 15 is 0 Å². The van der Waals surface area contributed by atoms with Gasteiger partial charge in [-0.05, 0) is 53.9 Å². The number of benzene rings is 2. The lowest BCUT2D eigenvalue weighted by Gasteiger charge is -2.36. The van der Waals surface area contributed by atoms with Gasteiger partial charge in [0, 0.05) is 12.0 Å². The molecule has 3 N–H and O–H groups in total. The first-order chi connectivity index (χ1) is 17.0. The number of alkyl carbamates (subject to hydrolysis) is 1. The van der Waals surface area contributed by atoms with Crippen molar-refractivity contribution in [2.45, 2.75) is 62.9 Å². The van der Waals surface area contributed by atoms with Gasteiger partial charge < -0.3 is 20.5 Å². The van der Waals surface area contributed by atoms with Gasteiger partial charge in [-0.1, -0.05) is 67.8 Å². The van der Waals surface area contributed by atoms with Crippen LogP contribution < -0.4 is 10.6 Å². The van der Waals surface area contributed by atoms with Gasteiger partial charge in [0.1, 0.15) is 12.6 Å². The Bertz CT molecular complexity index is 1070. The largest absolute Gasteiger partial charge is 0.481 e. The highest BCUT2D eigenvalue weighted by Gasteiger charge is 2.38. The van der Waals surface area contributed by atoms with Crippen molar-refractivity contribution in [3.8, 4) is 11.1 Å².